The second-order valence-electron chi connectivity index (χ2n) is 3.56. The molecule has 0 aliphatic rings. The number of rotatable bonds is 5. The Labute approximate surface area is 94.5 Å². The molecular weight excluding hydrogens is 208 g/mol. The van der Waals surface area contributed by atoms with E-state index in [0.717, 1.165) is 12.8 Å². The monoisotopic (exact) mass is 224 g/mol. The van der Waals surface area contributed by atoms with Crippen LogP contribution in [0.5, 0.6) is 11.5 Å². The lowest BCUT2D eigenvalue weighted by Crippen LogP contribution is -2.03. The number of phenols is 1. The van der Waals surface area contributed by atoms with Crippen molar-refractivity contribution in [2.75, 3.05) is 7.11 Å². The van der Waals surface area contributed by atoms with Crippen molar-refractivity contribution in [1.29, 1.82) is 0 Å². The summed E-state index contributed by atoms with van der Waals surface area (Å²) in [4.78, 5) is 11.0. The number of benzene rings is 1. The van der Waals surface area contributed by atoms with E-state index in [1.165, 1.54) is 7.11 Å². The molecule has 0 aliphatic carbocycles. The molecule has 1 aromatic carbocycles. The molecule has 0 aliphatic heterocycles. The third kappa shape index (κ3) is 2.45. The summed E-state index contributed by atoms with van der Waals surface area (Å²) in [6, 6.07) is 3.28. The topological polar surface area (TPSA) is 66.8 Å². The summed E-state index contributed by atoms with van der Waals surface area (Å²) in [5.74, 6) is -1.17. The Morgan fingerprint density at radius 2 is 2.12 bits per heavy atom. The fourth-order valence-corrected chi connectivity index (χ4v) is 1.56. The van der Waals surface area contributed by atoms with Crippen molar-refractivity contribution < 1.29 is 19.7 Å². The van der Waals surface area contributed by atoms with Gasteiger partial charge in [0.15, 0.2) is 0 Å². The fraction of sp³-hybridized carbons (Fsp3) is 0.417. The van der Waals surface area contributed by atoms with Crippen molar-refractivity contribution in [3.05, 3.63) is 23.3 Å². The molecule has 0 bridgehead atoms. The van der Waals surface area contributed by atoms with Gasteiger partial charge in [-0.2, -0.15) is 0 Å². The molecule has 4 heteroatoms. The van der Waals surface area contributed by atoms with Crippen molar-refractivity contribution in [2.24, 2.45) is 0 Å². The summed E-state index contributed by atoms with van der Waals surface area (Å²) in [6.07, 6.45) is 2.58. The number of aromatic hydroxyl groups is 1. The lowest BCUT2D eigenvalue weighted by Gasteiger charge is -2.10. The highest BCUT2D eigenvalue weighted by molar-refractivity contribution is 5.94. The summed E-state index contributed by atoms with van der Waals surface area (Å²) < 4.78 is 4.91. The van der Waals surface area contributed by atoms with Gasteiger partial charge in [-0.15, -0.1) is 0 Å². The molecule has 1 rings (SSSR count). The van der Waals surface area contributed by atoms with E-state index in [-0.39, 0.29) is 17.1 Å². The van der Waals surface area contributed by atoms with E-state index in [4.69, 9.17) is 9.84 Å². The number of methoxy groups -OCH3 is 1. The molecule has 0 aromatic heterocycles. The second kappa shape index (κ2) is 5.39. The number of aromatic carboxylic acids is 1. The van der Waals surface area contributed by atoms with E-state index in [0.29, 0.717) is 12.0 Å². The average Bonchev–Trinajstić information content (AvgIpc) is 2.26. The van der Waals surface area contributed by atoms with Gasteiger partial charge >= 0.3 is 5.97 Å². The lowest BCUT2D eigenvalue weighted by molar-refractivity contribution is 0.0689. The Bertz CT molecular complexity index is 385. The number of carboxylic acids is 1. The SMILES string of the molecule is CCCCc1ccc(OC)c(C(=O)O)c1O. The van der Waals surface area contributed by atoms with Gasteiger partial charge in [0.1, 0.15) is 17.1 Å². The van der Waals surface area contributed by atoms with Crippen molar-refractivity contribution in [3.63, 3.8) is 0 Å². The van der Waals surface area contributed by atoms with Gasteiger partial charge in [-0.1, -0.05) is 19.4 Å². The minimum absolute atomic E-state index is 0.156. The molecule has 2 N–H and O–H groups in total. The molecular formula is C12H16O4. The van der Waals surface area contributed by atoms with E-state index < -0.39 is 5.97 Å². The van der Waals surface area contributed by atoms with E-state index in [2.05, 4.69) is 0 Å². The maximum atomic E-state index is 11.0. The molecule has 0 heterocycles. The van der Waals surface area contributed by atoms with Gasteiger partial charge in [-0.3, -0.25) is 0 Å². The first-order valence-electron chi connectivity index (χ1n) is 5.24. The number of ether oxygens (including phenoxy) is 1. The number of aryl methyl sites for hydroxylation is 1. The Kier molecular flexibility index (Phi) is 4.17. The van der Waals surface area contributed by atoms with Crippen molar-refractivity contribution in [3.8, 4) is 11.5 Å². The molecule has 0 radical (unpaired) electrons. The van der Waals surface area contributed by atoms with Crippen LogP contribution < -0.4 is 4.74 Å². The first kappa shape index (κ1) is 12.4. The van der Waals surface area contributed by atoms with Crippen molar-refractivity contribution >= 4 is 5.97 Å². The largest absolute Gasteiger partial charge is 0.507 e. The maximum absolute atomic E-state index is 11.0. The predicted molar refractivity (Wildman–Crippen MR) is 60.2 cm³/mol. The fourth-order valence-electron chi connectivity index (χ4n) is 1.56. The standard InChI is InChI=1S/C12H16O4/c1-3-4-5-8-6-7-9(16-2)10(11(8)13)12(14)15/h6-7,13H,3-5H2,1-2H3,(H,14,15). The van der Waals surface area contributed by atoms with Gasteiger partial charge < -0.3 is 14.9 Å². The molecule has 0 saturated heterocycles. The van der Waals surface area contributed by atoms with Crippen molar-refractivity contribution in [2.45, 2.75) is 26.2 Å². The molecule has 0 amide bonds. The highest BCUT2D eigenvalue weighted by Gasteiger charge is 2.19. The zero-order chi connectivity index (χ0) is 12.1. The summed E-state index contributed by atoms with van der Waals surface area (Å²) in [6.45, 7) is 2.04. The number of carboxylic acid groups (broad SMARTS) is 1. The summed E-state index contributed by atoms with van der Waals surface area (Å²) in [7, 11) is 1.38. The van der Waals surface area contributed by atoms with Crippen LogP contribution in [-0.2, 0) is 6.42 Å². The first-order chi connectivity index (χ1) is 7.61. The molecule has 88 valence electrons. The van der Waals surface area contributed by atoms with Gasteiger partial charge in [0, 0.05) is 0 Å². The zero-order valence-corrected chi connectivity index (χ0v) is 9.49. The molecule has 0 atom stereocenters. The van der Waals surface area contributed by atoms with Crippen LogP contribution in [0.4, 0.5) is 0 Å². The van der Waals surface area contributed by atoms with Crippen molar-refractivity contribution in [1.82, 2.24) is 0 Å². The number of carbonyl (C=O) groups is 1. The van der Waals surface area contributed by atoms with Gasteiger partial charge in [0.05, 0.1) is 7.11 Å². The van der Waals surface area contributed by atoms with Gasteiger partial charge in [0.2, 0.25) is 0 Å². The van der Waals surface area contributed by atoms with Crippen LogP contribution in [0.1, 0.15) is 35.7 Å². The maximum Gasteiger partial charge on any atom is 0.343 e. The van der Waals surface area contributed by atoms with Gasteiger partial charge in [0.25, 0.3) is 0 Å². The van der Waals surface area contributed by atoms with Gasteiger partial charge in [-0.05, 0) is 24.5 Å². The third-order valence-corrected chi connectivity index (χ3v) is 2.46. The Hall–Kier alpha value is -1.71. The Morgan fingerprint density at radius 1 is 1.44 bits per heavy atom. The Morgan fingerprint density at radius 3 is 2.62 bits per heavy atom. The number of unbranched alkanes of at least 4 members (excludes halogenated alkanes) is 1. The van der Waals surface area contributed by atoms with Crippen LogP contribution in [0.3, 0.4) is 0 Å². The van der Waals surface area contributed by atoms with Crippen LogP contribution in [0.15, 0.2) is 12.1 Å². The molecule has 1 aromatic rings. The van der Waals surface area contributed by atoms with E-state index >= 15 is 0 Å². The van der Waals surface area contributed by atoms with E-state index in [9.17, 15) is 9.90 Å². The van der Waals surface area contributed by atoms with Crippen LogP contribution in [0, 0.1) is 0 Å². The lowest BCUT2D eigenvalue weighted by atomic mass is 10.0. The van der Waals surface area contributed by atoms with Crippen LogP contribution in [-0.4, -0.2) is 23.3 Å². The highest BCUT2D eigenvalue weighted by atomic mass is 16.5. The average molecular weight is 224 g/mol. The highest BCUT2D eigenvalue weighted by Crippen LogP contribution is 2.32. The van der Waals surface area contributed by atoms with E-state index in [1.807, 2.05) is 6.92 Å². The number of hydrogen-bond acceptors (Lipinski definition) is 3. The third-order valence-electron chi connectivity index (χ3n) is 2.46. The summed E-state index contributed by atoms with van der Waals surface area (Å²) in [5, 5.41) is 18.8. The molecule has 0 fully saturated rings. The van der Waals surface area contributed by atoms with Crippen LogP contribution in [0.2, 0.25) is 0 Å². The van der Waals surface area contributed by atoms with Gasteiger partial charge in [-0.25, -0.2) is 4.79 Å². The molecule has 4 nitrogen and oxygen atoms in total. The molecule has 0 saturated carbocycles. The predicted octanol–water partition coefficient (Wildman–Crippen LogP) is 2.44. The normalized spacial score (nSPS) is 10.1. The number of hydrogen-bond donors (Lipinski definition) is 2. The minimum Gasteiger partial charge on any atom is -0.507 e. The Balaban J connectivity index is 3.15. The quantitative estimate of drug-likeness (QED) is 0.806. The molecule has 0 spiro atoms. The first-order valence-corrected chi connectivity index (χ1v) is 5.24. The summed E-state index contributed by atoms with van der Waals surface area (Å²) >= 11 is 0. The summed E-state index contributed by atoms with van der Waals surface area (Å²) in [5.41, 5.74) is 0.496. The van der Waals surface area contributed by atoms with E-state index in [1.54, 1.807) is 12.1 Å². The van der Waals surface area contributed by atoms with Crippen LogP contribution in [0.25, 0.3) is 0 Å². The molecule has 0 unspecified atom stereocenters. The zero-order valence-electron chi connectivity index (χ0n) is 9.49. The smallest absolute Gasteiger partial charge is 0.343 e. The second-order valence-corrected chi connectivity index (χ2v) is 3.56. The van der Waals surface area contributed by atoms with Crippen LogP contribution >= 0.6 is 0 Å². The minimum atomic E-state index is -1.17. The molecule has 16 heavy (non-hydrogen) atoms.